The number of halogens is 3. The number of H-pyrrole nitrogens is 1. The molecule has 0 aliphatic carbocycles. The largest absolute Gasteiger partial charge is 0.327 e. The second kappa shape index (κ2) is 3.85. The van der Waals surface area contributed by atoms with E-state index in [2.05, 4.69) is 4.98 Å². The maximum Gasteiger partial charge on any atom is 0.265 e. The maximum atomic E-state index is 12.4. The predicted octanol–water partition coefficient (Wildman–Crippen LogP) is 1.42. The fourth-order valence-electron chi connectivity index (χ4n) is 0.999. The molecule has 0 fully saturated rings. The number of hydrogen-bond donors (Lipinski definition) is 2. The zero-order valence-electron chi connectivity index (χ0n) is 6.48. The lowest BCUT2D eigenvalue weighted by molar-refractivity contribution is 0.150. The number of hydrogen-bond acceptors (Lipinski definition) is 2. The number of rotatable bonds is 2. The van der Waals surface area contributed by atoms with E-state index in [0.29, 0.717) is 0 Å². The van der Waals surface area contributed by atoms with E-state index in [0.717, 1.165) is 6.20 Å². The van der Waals surface area contributed by atoms with Crippen LogP contribution in [0, 0.1) is 0 Å². The molecule has 1 heterocycles. The van der Waals surface area contributed by atoms with Gasteiger partial charge in [-0.1, -0.05) is 11.6 Å². The lowest BCUT2D eigenvalue weighted by Crippen LogP contribution is -2.19. The number of nitrogens with two attached hydrogens (primary N) is 1. The van der Waals surface area contributed by atoms with Gasteiger partial charge < -0.3 is 10.7 Å². The van der Waals surface area contributed by atoms with Crippen molar-refractivity contribution in [2.75, 3.05) is 0 Å². The van der Waals surface area contributed by atoms with E-state index < -0.39 is 17.5 Å². The molecule has 72 valence electrons. The van der Waals surface area contributed by atoms with Crippen molar-refractivity contribution < 1.29 is 8.78 Å². The molecule has 0 radical (unpaired) electrons. The molecular formula is C7H7ClF2N2O. The Morgan fingerprint density at radius 3 is 2.62 bits per heavy atom. The molecule has 0 unspecified atom stereocenters. The van der Waals surface area contributed by atoms with Crippen LogP contribution in [0.25, 0.3) is 0 Å². The first kappa shape index (κ1) is 10.1. The molecule has 0 aromatic carbocycles. The highest BCUT2D eigenvalue weighted by molar-refractivity contribution is 6.31. The molecule has 13 heavy (non-hydrogen) atoms. The summed E-state index contributed by atoms with van der Waals surface area (Å²) in [6, 6.07) is 0. The molecule has 0 atom stereocenters. The summed E-state index contributed by atoms with van der Waals surface area (Å²) in [6.07, 6.45) is -1.75. The molecule has 1 rings (SSSR count). The van der Waals surface area contributed by atoms with Gasteiger partial charge in [-0.15, -0.1) is 0 Å². The van der Waals surface area contributed by atoms with Gasteiger partial charge in [0.2, 0.25) is 0 Å². The first-order valence-corrected chi connectivity index (χ1v) is 3.84. The number of aromatic nitrogens is 1. The average Bonchev–Trinajstić information content (AvgIpc) is 2.07. The van der Waals surface area contributed by atoms with Gasteiger partial charge in [-0.2, -0.15) is 0 Å². The first-order chi connectivity index (χ1) is 6.07. The van der Waals surface area contributed by atoms with Crippen molar-refractivity contribution in [2.24, 2.45) is 5.73 Å². The van der Waals surface area contributed by atoms with Crippen LogP contribution in [0.5, 0.6) is 0 Å². The average molecular weight is 209 g/mol. The number of alkyl halides is 2. The van der Waals surface area contributed by atoms with Crippen LogP contribution in [-0.2, 0) is 6.54 Å². The molecule has 0 saturated carbocycles. The van der Waals surface area contributed by atoms with Gasteiger partial charge in [0.15, 0.2) is 0 Å². The van der Waals surface area contributed by atoms with E-state index in [1.807, 2.05) is 0 Å². The molecule has 0 saturated heterocycles. The van der Waals surface area contributed by atoms with Crippen molar-refractivity contribution in [2.45, 2.75) is 13.0 Å². The van der Waals surface area contributed by atoms with E-state index in [1.54, 1.807) is 0 Å². The van der Waals surface area contributed by atoms with Crippen molar-refractivity contribution in [3.8, 4) is 0 Å². The molecule has 1 aromatic heterocycles. The second-order valence-corrected chi connectivity index (χ2v) is 2.77. The Kier molecular flexibility index (Phi) is 3.00. The normalized spacial score (nSPS) is 10.8. The van der Waals surface area contributed by atoms with Crippen molar-refractivity contribution in [3.63, 3.8) is 0 Å². The highest BCUT2D eigenvalue weighted by Crippen LogP contribution is 2.27. The molecule has 0 amide bonds. The van der Waals surface area contributed by atoms with Crippen molar-refractivity contribution in [1.82, 2.24) is 4.98 Å². The van der Waals surface area contributed by atoms with Crippen LogP contribution in [0.4, 0.5) is 8.78 Å². The summed E-state index contributed by atoms with van der Waals surface area (Å²) < 4.78 is 24.7. The minimum atomic E-state index is -2.78. The number of pyridine rings is 1. The van der Waals surface area contributed by atoms with E-state index >= 15 is 0 Å². The van der Waals surface area contributed by atoms with Crippen LogP contribution >= 0.6 is 11.6 Å². The predicted molar refractivity (Wildman–Crippen MR) is 44.9 cm³/mol. The van der Waals surface area contributed by atoms with E-state index in [9.17, 15) is 13.6 Å². The molecule has 0 bridgehead atoms. The molecule has 0 aliphatic heterocycles. The molecule has 1 aromatic rings. The summed E-state index contributed by atoms with van der Waals surface area (Å²) in [5.41, 5.74) is 3.88. The summed E-state index contributed by atoms with van der Waals surface area (Å²) in [7, 11) is 0. The Hall–Kier alpha value is -0.940. The Labute approximate surface area is 77.5 Å². The van der Waals surface area contributed by atoms with Crippen LogP contribution < -0.4 is 11.3 Å². The summed E-state index contributed by atoms with van der Waals surface area (Å²) in [5.74, 6) is 0. The third-order valence-electron chi connectivity index (χ3n) is 1.61. The third kappa shape index (κ3) is 1.87. The zero-order valence-corrected chi connectivity index (χ0v) is 7.24. The summed E-state index contributed by atoms with van der Waals surface area (Å²) in [5, 5.41) is -0.171. The first-order valence-electron chi connectivity index (χ1n) is 3.46. The molecule has 3 N–H and O–H groups in total. The molecule has 6 heteroatoms. The van der Waals surface area contributed by atoms with Crippen LogP contribution in [0.2, 0.25) is 5.02 Å². The minimum Gasteiger partial charge on any atom is -0.327 e. The zero-order chi connectivity index (χ0) is 10.0. The van der Waals surface area contributed by atoms with Gasteiger partial charge in [0.05, 0.1) is 5.02 Å². The Bertz CT molecular complexity index is 364. The molecule has 0 spiro atoms. The van der Waals surface area contributed by atoms with Crippen LogP contribution in [0.15, 0.2) is 11.0 Å². The topological polar surface area (TPSA) is 58.9 Å². The SMILES string of the molecule is NCc1c(C(F)F)c(Cl)c[nH]c1=O. The number of nitrogens with one attached hydrogen (secondary N) is 1. The summed E-state index contributed by atoms with van der Waals surface area (Å²) in [4.78, 5) is 13.2. The van der Waals surface area contributed by atoms with E-state index in [4.69, 9.17) is 17.3 Å². The van der Waals surface area contributed by atoms with Crippen molar-refractivity contribution in [1.29, 1.82) is 0 Å². The smallest absolute Gasteiger partial charge is 0.265 e. The lowest BCUT2D eigenvalue weighted by Gasteiger charge is -2.06. The second-order valence-electron chi connectivity index (χ2n) is 2.36. The third-order valence-corrected chi connectivity index (χ3v) is 1.92. The standard InChI is InChI=1S/C7H7ClF2N2O/c8-4-2-12-7(13)3(1-11)5(4)6(9)10/h2,6H,1,11H2,(H,12,13). The molecule has 0 aliphatic rings. The lowest BCUT2D eigenvalue weighted by atomic mass is 10.1. The van der Waals surface area contributed by atoms with Gasteiger partial charge in [0.1, 0.15) is 0 Å². The molecular weight excluding hydrogens is 202 g/mol. The molecule has 3 nitrogen and oxygen atoms in total. The van der Waals surface area contributed by atoms with Gasteiger partial charge in [-0.25, -0.2) is 8.78 Å². The van der Waals surface area contributed by atoms with Gasteiger partial charge in [-0.05, 0) is 0 Å². The summed E-state index contributed by atoms with van der Waals surface area (Å²) >= 11 is 5.47. The van der Waals surface area contributed by atoms with E-state index in [-0.39, 0.29) is 17.1 Å². The van der Waals surface area contributed by atoms with Crippen molar-refractivity contribution >= 4 is 11.6 Å². The maximum absolute atomic E-state index is 12.4. The van der Waals surface area contributed by atoms with Gasteiger partial charge in [0, 0.05) is 23.9 Å². The summed E-state index contributed by atoms with van der Waals surface area (Å²) in [6.45, 7) is -0.254. The van der Waals surface area contributed by atoms with E-state index in [1.165, 1.54) is 0 Å². The van der Waals surface area contributed by atoms with Crippen LogP contribution in [-0.4, -0.2) is 4.98 Å². The number of aromatic amines is 1. The van der Waals surface area contributed by atoms with Crippen LogP contribution in [0.1, 0.15) is 17.6 Å². The fourth-order valence-corrected chi connectivity index (χ4v) is 1.25. The highest BCUT2D eigenvalue weighted by atomic mass is 35.5. The van der Waals surface area contributed by atoms with Gasteiger partial charge >= 0.3 is 0 Å². The fraction of sp³-hybridized carbons (Fsp3) is 0.286. The van der Waals surface area contributed by atoms with Gasteiger partial charge in [0.25, 0.3) is 12.0 Å². The minimum absolute atomic E-state index is 0.164. The Morgan fingerprint density at radius 1 is 1.62 bits per heavy atom. The highest BCUT2D eigenvalue weighted by Gasteiger charge is 2.18. The van der Waals surface area contributed by atoms with Crippen molar-refractivity contribution in [3.05, 3.63) is 32.7 Å². The monoisotopic (exact) mass is 208 g/mol. The Morgan fingerprint density at radius 2 is 2.23 bits per heavy atom. The van der Waals surface area contributed by atoms with Gasteiger partial charge in [-0.3, -0.25) is 4.79 Å². The quantitative estimate of drug-likeness (QED) is 0.772. The Balaban J connectivity index is 3.44. The van der Waals surface area contributed by atoms with Crippen LogP contribution in [0.3, 0.4) is 0 Å².